The molecule has 1 aromatic rings. The largest absolute Gasteiger partial charge is 0.486 e. The number of benzene rings is 1. The summed E-state index contributed by atoms with van der Waals surface area (Å²) in [6.07, 6.45) is 3.74. The van der Waals surface area contributed by atoms with Gasteiger partial charge in [0.25, 0.3) is 11.6 Å². The van der Waals surface area contributed by atoms with Gasteiger partial charge in [0.05, 0.1) is 17.1 Å². The summed E-state index contributed by atoms with van der Waals surface area (Å²) in [6, 6.07) is 4.40. The van der Waals surface area contributed by atoms with Gasteiger partial charge in [-0.1, -0.05) is 19.3 Å². The fourth-order valence-electron chi connectivity index (χ4n) is 3.32. The molecule has 2 aliphatic rings. The third-order valence-corrected chi connectivity index (χ3v) is 4.71. The highest BCUT2D eigenvalue weighted by molar-refractivity contribution is 5.96. The van der Waals surface area contributed by atoms with Crippen LogP contribution in [0.1, 0.15) is 42.5 Å². The van der Waals surface area contributed by atoms with E-state index in [0.29, 0.717) is 12.8 Å². The Morgan fingerprint density at radius 1 is 1.21 bits per heavy atom. The molecule has 0 unspecified atom stereocenters. The summed E-state index contributed by atoms with van der Waals surface area (Å²) in [6.45, 7) is -0.152. The number of nitrogens with one attached hydrogen (secondary N) is 1. The minimum absolute atomic E-state index is 0.167. The third-order valence-electron chi connectivity index (χ3n) is 4.71. The van der Waals surface area contributed by atoms with Gasteiger partial charge < -0.3 is 19.5 Å². The number of nitro groups is 1. The number of nitriles is 1. The summed E-state index contributed by atoms with van der Waals surface area (Å²) in [5, 5.41) is 23.3. The molecule has 148 valence electrons. The topological polar surface area (TPSA) is 141 Å². The molecule has 0 bridgehead atoms. The highest BCUT2D eigenvalue weighted by atomic mass is 16.6. The van der Waals surface area contributed by atoms with E-state index in [0.717, 1.165) is 25.3 Å². The van der Waals surface area contributed by atoms with E-state index in [9.17, 15) is 25.0 Å². The minimum Gasteiger partial charge on any atom is -0.486 e. The highest BCUT2D eigenvalue weighted by Gasteiger charge is 2.34. The fraction of sp³-hybridized carbons (Fsp3) is 0.500. The van der Waals surface area contributed by atoms with E-state index in [-0.39, 0.29) is 30.3 Å². The number of rotatable bonds is 5. The minimum atomic E-state index is -1.03. The van der Waals surface area contributed by atoms with Gasteiger partial charge >= 0.3 is 5.97 Å². The zero-order chi connectivity index (χ0) is 20.1. The van der Waals surface area contributed by atoms with Crippen molar-refractivity contribution in [2.75, 3.05) is 19.8 Å². The van der Waals surface area contributed by atoms with Gasteiger partial charge in [0.1, 0.15) is 24.3 Å². The van der Waals surface area contributed by atoms with Gasteiger partial charge in [-0.25, -0.2) is 4.79 Å². The van der Waals surface area contributed by atoms with Crippen LogP contribution in [0.3, 0.4) is 0 Å². The zero-order valence-electron chi connectivity index (χ0n) is 15.1. The van der Waals surface area contributed by atoms with Crippen molar-refractivity contribution in [2.45, 2.75) is 37.6 Å². The fourth-order valence-corrected chi connectivity index (χ4v) is 3.32. The Labute approximate surface area is 160 Å². The van der Waals surface area contributed by atoms with Gasteiger partial charge in [0.15, 0.2) is 18.1 Å². The summed E-state index contributed by atoms with van der Waals surface area (Å²) >= 11 is 0. The molecule has 0 radical (unpaired) electrons. The standard InChI is InChI=1S/C18H19N3O7/c19-11-18(4-2-1-3-5-18)20-16(22)10-28-17(23)12-8-14-15(27-7-6-26-14)9-13(12)21(24)25/h8-9H,1-7,10H2,(H,20,22). The molecule has 0 spiro atoms. The quantitative estimate of drug-likeness (QED) is 0.457. The predicted octanol–water partition coefficient (Wildman–Crippen LogP) is 1.87. The Morgan fingerprint density at radius 2 is 1.86 bits per heavy atom. The van der Waals surface area contributed by atoms with Crippen LogP contribution in [-0.2, 0) is 9.53 Å². The second kappa shape index (κ2) is 8.12. The Hall–Kier alpha value is -3.35. The maximum atomic E-state index is 12.3. The molecule has 1 fully saturated rings. The number of ether oxygens (including phenoxy) is 3. The highest BCUT2D eigenvalue weighted by Crippen LogP contribution is 2.36. The van der Waals surface area contributed by atoms with Crippen molar-refractivity contribution in [3.63, 3.8) is 0 Å². The van der Waals surface area contributed by atoms with Gasteiger partial charge in [-0.3, -0.25) is 14.9 Å². The van der Waals surface area contributed by atoms with Crippen molar-refractivity contribution in [1.29, 1.82) is 5.26 Å². The normalized spacial score (nSPS) is 17.1. The summed E-state index contributed by atoms with van der Waals surface area (Å²) in [7, 11) is 0. The van der Waals surface area contributed by atoms with Gasteiger partial charge in [-0.05, 0) is 12.8 Å². The summed E-state index contributed by atoms with van der Waals surface area (Å²) in [5.41, 5.74) is -1.80. The lowest BCUT2D eigenvalue weighted by molar-refractivity contribution is -0.385. The average molecular weight is 389 g/mol. The maximum absolute atomic E-state index is 12.3. The lowest BCUT2D eigenvalue weighted by Gasteiger charge is -2.31. The molecule has 1 amide bonds. The van der Waals surface area contributed by atoms with Crippen LogP contribution in [0.15, 0.2) is 12.1 Å². The monoisotopic (exact) mass is 389 g/mol. The lowest BCUT2D eigenvalue weighted by atomic mass is 9.83. The SMILES string of the molecule is N#CC1(NC(=O)COC(=O)c2cc3c(cc2[N+](=O)[O-])OCCO3)CCCCC1. The molecule has 28 heavy (non-hydrogen) atoms. The van der Waals surface area contributed by atoms with Gasteiger partial charge in [-0.15, -0.1) is 0 Å². The van der Waals surface area contributed by atoms with Crippen LogP contribution in [0.25, 0.3) is 0 Å². The van der Waals surface area contributed by atoms with E-state index in [1.807, 2.05) is 0 Å². The van der Waals surface area contributed by atoms with Crippen LogP contribution in [0.4, 0.5) is 5.69 Å². The number of amides is 1. The third kappa shape index (κ3) is 4.14. The van der Waals surface area contributed by atoms with Crippen LogP contribution in [0, 0.1) is 21.4 Å². The van der Waals surface area contributed by atoms with Crippen molar-refractivity contribution in [3.05, 3.63) is 27.8 Å². The van der Waals surface area contributed by atoms with E-state index in [2.05, 4.69) is 11.4 Å². The Balaban J connectivity index is 1.68. The number of fused-ring (bicyclic) bond motifs is 1. The molecular weight excluding hydrogens is 370 g/mol. The maximum Gasteiger partial charge on any atom is 0.345 e. The van der Waals surface area contributed by atoms with Gasteiger partial charge in [-0.2, -0.15) is 5.26 Å². The second-order valence-corrected chi connectivity index (χ2v) is 6.65. The number of hydrogen-bond donors (Lipinski definition) is 1. The van der Waals surface area contributed by atoms with Crippen LogP contribution < -0.4 is 14.8 Å². The molecule has 0 saturated heterocycles. The van der Waals surface area contributed by atoms with Crippen molar-refractivity contribution in [2.24, 2.45) is 0 Å². The van der Waals surface area contributed by atoms with Crippen molar-refractivity contribution in [1.82, 2.24) is 5.32 Å². The van der Waals surface area contributed by atoms with E-state index in [1.54, 1.807) is 0 Å². The molecule has 1 heterocycles. The second-order valence-electron chi connectivity index (χ2n) is 6.65. The smallest absolute Gasteiger partial charge is 0.345 e. The molecule has 1 N–H and O–H groups in total. The van der Waals surface area contributed by atoms with Crippen molar-refractivity contribution >= 4 is 17.6 Å². The van der Waals surface area contributed by atoms with Crippen molar-refractivity contribution < 1.29 is 28.7 Å². The number of hydrogen-bond acceptors (Lipinski definition) is 8. The van der Waals surface area contributed by atoms with E-state index < -0.39 is 34.6 Å². The lowest BCUT2D eigenvalue weighted by Crippen LogP contribution is -2.50. The average Bonchev–Trinajstić information content (AvgIpc) is 2.71. The van der Waals surface area contributed by atoms with E-state index in [4.69, 9.17) is 14.2 Å². The van der Waals surface area contributed by atoms with Crippen LogP contribution >= 0.6 is 0 Å². The number of esters is 1. The molecule has 0 aromatic heterocycles. The number of carbonyl (C=O) groups is 2. The molecule has 1 aliphatic carbocycles. The first-order valence-electron chi connectivity index (χ1n) is 8.91. The first kappa shape index (κ1) is 19.4. The number of nitrogens with zero attached hydrogens (tertiary/aromatic N) is 2. The number of nitro benzene ring substituents is 1. The van der Waals surface area contributed by atoms with Crippen LogP contribution in [-0.4, -0.2) is 42.2 Å². The number of carbonyl (C=O) groups excluding carboxylic acids is 2. The van der Waals surface area contributed by atoms with Gasteiger partial charge in [0, 0.05) is 6.07 Å². The van der Waals surface area contributed by atoms with Crippen molar-refractivity contribution in [3.8, 4) is 17.6 Å². The summed E-state index contributed by atoms with van der Waals surface area (Å²) in [4.78, 5) is 35.0. The predicted molar refractivity (Wildman–Crippen MR) is 93.9 cm³/mol. The molecular formula is C18H19N3O7. The molecule has 1 saturated carbocycles. The molecule has 10 heteroatoms. The zero-order valence-corrected chi connectivity index (χ0v) is 15.1. The summed E-state index contributed by atoms with van der Waals surface area (Å²) < 4.78 is 15.6. The molecule has 0 atom stereocenters. The van der Waals surface area contributed by atoms with E-state index in [1.165, 1.54) is 6.07 Å². The van der Waals surface area contributed by atoms with Crippen LogP contribution in [0.5, 0.6) is 11.5 Å². The molecule has 1 aliphatic heterocycles. The molecule has 3 rings (SSSR count). The first-order chi connectivity index (χ1) is 13.4. The Bertz CT molecular complexity index is 840. The van der Waals surface area contributed by atoms with E-state index >= 15 is 0 Å². The van der Waals surface area contributed by atoms with Gasteiger partial charge in [0.2, 0.25) is 0 Å². The van der Waals surface area contributed by atoms with Crippen LogP contribution in [0.2, 0.25) is 0 Å². The summed E-state index contributed by atoms with van der Waals surface area (Å²) in [5.74, 6) is -1.30. The Morgan fingerprint density at radius 3 is 2.46 bits per heavy atom. The first-order valence-corrected chi connectivity index (χ1v) is 8.91. The molecule has 10 nitrogen and oxygen atoms in total. The Kier molecular flexibility index (Phi) is 5.63. The molecule has 1 aromatic carbocycles.